The van der Waals surface area contributed by atoms with Crippen LogP contribution in [0.15, 0.2) is 36.7 Å². The Morgan fingerprint density at radius 3 is 2.57 bits per heavy atom. The fourth-order valence-corrected chi connectivity index (χ4v) is 1.60. The molecule has 0 saturated carbocycles. The quantitative estimate of drug-likeness (QED) is 0.914. The predicted octanol–water partition coefficient (Wildman–Crippen LogP) is 2.79. The van der Waals surface area contributed by atoms with Crippen LogP contribution >= 0.6 is 0 Å². The van der Waals surface area contributed by atoms with Crippen molar-refractivity contribution in [1.82, 2.24) is 9.97 Å². The summed E-state index contributed by atoms with van der Waals surface area (Å²) in [6, 6.07) is 5.50. The number of hydrogen-bond donors (Lipinski definition) is 2. The number of alkyl halides is 3. The van der Waals surface area contributed by atoms with Gasteiger partial charge in [-0.2, -0.15) is 13.2 Å². The largest absolute Gasteiger partial charge is 0.417 e. The maximum atomic E-state index is 12.7. The van der Waals surface area contributed by atoms with Crippen LogP contribution in [-0.2, 0) is 6.18 Å². The van der Waals surface area contributed by atoms with Crippen molar-refractivity contribution in [2.75, 3.05) is 17.7 Å². The highest BCUT2D eigenvalue weighted by atomic mass is 19.4. The van der Waals surface area contributed by atoms with Crippen molar-refractivity contribution in [3.8, 4) is 0 Å². The first kappa shape index (κ1) is 14.8. The lowest BCUT2D eigenvalue weighted by atomic mass is 10.2. The van der Waals surface area contributed by atoms with E-state index in [4.69, 9.17) is 0 Å². The van der Waals surface area contributed by atoms with Crippen LogP contribution in [0.2, 0.25) is 0 Å². The van der Waals surface area contributed by atoms with Crippen LogP contribution in [0.4, 0.5) is 24.7 Å². The normalized spacial score (nSPS) is 11.0. The Morgan fingerprint density at radius 1 is 1.24 bits per heavy atom. The molecular weight excluding hydrogens is 285 g/mol. The smallest absolute Gasteiger partial charge is 0.371 e. The lowest BCUT2D eigenvalue weighted by Gasteiger charge is -2.13. The number of pyridine rings is 2. The first-order chi connectivity index (χ1) is 9.91. The van der Waals surface area contributed by atoms with Crippen LogP contribution in [0.25, 0.3) is 0 Å². The molecule has 2 N–H and O–H groups in total. The number of nitrogens with zero attached hydrogens (tertiary/aromatic N) is 2. The molecule has 21 heavy (non-hydrogen) atoms. The summed E-state index contributed by atoms with van der Waals surface area (Å²) in [5, 5.41) is 4.98. The summed E-state index contributed by atoms with van der Waals surface area (Å²) in [6.45, 7) is 0. The fraction of sp³-hybridized carbons (Fsp3) is 0.154. The van der Waals surface area contributed by atoms with Crippen molar-refractivity contribution >= 4 is 17.4 Å². The molecule has 5 nitrogen and oxygen atoms in total. The number of aromatic nitrogens is 2. The van der Waals surface area contributed by atoms with Gasteiger partial charge in [-0.25, -0.2) is 4.98 Å². The van der Waals surface area contributed by atoms with Crippen molar-refractivity contribution in [3.63, 3.8) is 0 Å². The zero-order valence-electron chi connectivity index (χ0n) is 10.9. The summed E-state index contributed by atoms with van der Waals surface area (Å²) in [7, 11) is 1.49. The number of halogens is 3. The zero-order chi connectivity index (χ0) is 15.5. The standard InChI is InChI=1S/C13H11F3N4O/c1-17-11-10(6-8(7-19-11)13(14,15)16)20-12(21)9-4-2-3-5-18-9/h2-7H,1H3,(H,17,19)(H,20,21). The molecule has 0 atom stereocenters. The number of rotatable bonds is 3. The minimum Gasteiger partial charge on any atom is -0.371 e. The van der Waals surface area contributed by atoms with Crippen LogP contribution in [-0.4, -0.2) is 22.9 Å². The van der Waals surface area contributed by atoms with Crippen molar-refractivity contribution in [2.24, 2.45) is 0 Å². The van der Waals surface area contributed by atoms with Gasteiger partial charge in [0.2, 0.25) is 0 Å². The minimum absolute atomic E-state index is 0.0667. The van der Waals surface area contributed by atoms with E-state index in [1.807, 2.05) is 0 Å². The van der Waals surface area contributed by atoms with Gasteiger partial charge in [0, 0.05) is 19.4 Å². The predicted molar refractivity (Wildman–Crippen MR) is 71.0 cm³/mol. The van der Waals surface area contributed by atoms with Crippen LogP contribution in [0.3, 0.4) is 0 Å². The van der Waals surface area contributed by atoms with E-state index in [1.165, 1.54) is 19.3 Å². The molecule has 0 aliphatic carbocycles. The fourth-order valence-electron chi connectivity index (χ4n) is 1.60. The summed E-state index contributed by atoms with van der Waals surface area (Å²) in [6.07, 6.45) is -2.43. The van der Waals surface area contributed by atoms with Crippen molar-refractivity contribution in [3.05, 3.63) is 47.9 Å². The van der Waals surface area contributed by atoms with Gasteiger partial charge >= 0.3 is 6.18 Å². The Morgan fingerprint density at radius 2 is 2.00 bits per heavy atom. The van der Waals surface area contributed by atoms with Gasteiger partial charge in [-0.3, -0.25) is 9.78 Å². The number of amides is 1. The third-order valence-electron chi connectivity index (χ3n) is 2.60. The summed E-state index contributed by atoms with van der Waals surface area (Å²) in [5.41, 5.74) is -0.919. The van der Waals surface area contributed by atoms with Crippen LogP contribution in [0, 0.1) is 0 Å². The summed E-state index contributed by atoms with van der Waals surface area (Å²) >= 11 is 0. The number of carbonyl (C=O) groups excluding carboxylic acids is 1. The molecule has 2 aromatic rings. The molecule has 8 heteroatoms. The minimum atomic E-state index is -4.54. The third kappa shape index (κ3) is 3.47. The summed E-state index contributed by atoms with van der Waals surface area (Å²) in [5.74, 6) is -0.486. The van der Waals surface area contributed by atoms with Gasteiger partial charge in [0.05, 0.1) is 11.3 Å². The first-order valence-corrected chi connectivity index (χ1v) is 5.89. The lowest BCUT2D eigenvalue weighted by molar-refractivity contribution is -0.137. The van der Waals surface area contributed by atoms with Crippen LogP contribution < -0.4 is 10.6 Å². The number of hydrogen-bond acceptors (Lipinski definition) is 4. The van der Waals surface area contributed by atoms with Gasteiger partial charge in [0.1, 0.15) is 11.5 Å². The summed E-state index contributed by atoms with van der Waals surface area (Å²) < 4.78 is 38.0. The summed E-state index contributed by atoms with van der Waals surface area (Å²) in [4.78, 5) is 19.4. The Balaban J connectivity index is 2.32. The van der Waals surface area contributed by atoms with Gasteiger partial charge in [-0.15, -0.1) is 0 Å². The molecule has 1 amide bonds. The average Bonchev–Trinajstić information content (AvgIpc) is 2.47. The molecule has 110 valence electrons. The molecule has 0 radical (unpaired) electrons. The van der Waals surface area contributed by atoms with Crippen molar-refractivity contribution in [2.45, 2.75) is 6.18 Å². The Labute approximate surface area is 118 Å². The molecule has 2 heterocycles. The van der Waals surface area contributed by atoms with E-state index in [9.17, 15) is 18.0 Å². The molecule has 0 saturated heterocycles. The second kappa shape index (κ2) is 5.78. The van der Waals surface area contributed by atoms with Gasteiger partial charge in [0.25, 0.3) is 5.91 Å². The number of nitrogens with one attached hydrogen (secondary N) is 2. The van der Waals surface area contributed by atoms with E-state index in [2.05, 4.69) is 20.6 Å². The highest BCUT2D eigenvalue weighted by molar-refractivity contribution is 6.04. The lowest BCUT2D eigenvalue weighted by Crippen LogP contribution is -2.16. The van der Waals surface area contributed by atoms with Gasteiger partial charge in [0.15, 0.2) is 0 Å². The molecule has 0 fully saturated rings. The Kier molecular flexibility index (Phi) is 4.06. The molecule has 0 aliphatic heterocycles. The maximum Gasteiger partial charge on any atom is 0.417 e. The van der Waals surface area contributed by atoms with E-state index < -0.39 is 17.6 Å². The maximum absolute atomic E-state index is 12.7. The molecule has 2 aromatic heterocycles. The SMILES string of the molecule is CNc1ncc(C(F)(F)F)cc1NC(=O)c1ccccn1. The van der Waals surface area contributed by atoms with Crippen LogP contribution in [0.1, 0.15) is 16.1 Å². The molecule has 0 spiro atoms. The van der Waals surface area contributed by atoms with Gasteiger partial charge < -0.3 is 10.6 Å². The molecular formula is C13H11F3N4O. The molecule has 0 bridgehead atoms. The highest BCUT2D eigenvalue weighted by Gasteiger charge is 2.32. The third-order valence-corrected chi connectivity index (χ3v) is 2.60. The van der Waals surface area contributed by atoms with Gasteiger partial charge in [-0.1, -0.05) is 6.07 Å². The first-order valence-electron chi connectivity index (χ1n) is 5.89. The second-order valence-corrected chi connectivity index (χ2v) is 4.04. The topological polar surface area (TPSA) is 66.9 Å². The van der Waals surface area contributed by atoms with Crippen LogP contribution in [0.5, 0.6) is 0 Å². The average molecular weight is 296 g/mol. The molecule has 0 unspecified atom stereocenters. The second-order valence-electron chi connectivity index (χ2n) is 4.04. The molecule has 2 rings (SSSR count). The van der Waals surface area contributed by atoms with Gasteiger partial charge in [-0.05, 0) is 18.2 Å². The van der Waals surface area contributed by atoms with Crippen molar-refractivity contribution < 1.29 is 18.0 Å². The van der Waals surface area contributed by atoms with E-state index in [0.717, 1.165) is 6.07 Å². The monoisotopic (exact) mass is 296 g/mol. The number of anilines is 2. The Hall–Kier alpha value is -2.64. The highest BCUT2D eigenvalue weighted by Crippen LogP contribution is 2.32. The number of carbonyl (C=O) groups is 1. The molecule has 0 aliphatic rings. The van der Waals surface area contributed by atoms with E-state index in [0.29, 0.717) is 6.20 Å². The van der Waals surface area contributed by atoms with E-state index in [1.54, 1.807) is 12.1 Å². The zero-order valence-corrected chi connectivity index (χ0v) is 10.9. The molecule has 0 aromatic carbocycles. The Bertz CT molecular complexity index is 644. The van der Waals surface area contributed by atoms with E-state index >= 15 is 0 Å². The van der Waals surface area contributed by atoms with E-state index in [-0.39, 0.29) is 17.2 Å². The van der Waals surface area contributed by atoms with Crippen molar-refractivity contribution in [1.29, 1.82) is 0 Å².